The molecule has 0 bridgehead atoms. The van der Waals surface area contributed by atoms with Crippen molar-refractivity contribution in [3.63, 3.8) is 0 Å². The second kappa shape index (κ2) is 9.98. The standard InChI is InChI=1S/C23H25ClN4O2/c24-20-11-19(17-1-6-25-7-2-17)12-22(13-20)30-15-21(29)14-28-9-4-18(5-10-28)23-3-8-26-16-27-23/h1-3,6-8,11-13,16,18,21,29H,4-5,9-10,14-15H2. The summed E-state index contributed by atoms with van der Waals surface area (Å²) in [5.74, 6) is 1.12. The molecular formula is C23H25ClN4O2. The normalized spacial score (nSPS) is 16.3. The fraction of sp³-hybridized carbons (Fsp3) is 0.348. The molecule has 1 aromatic carbocycles. The number of benzene rings is 1. The third kappa shape index (κ3) is 5.53. The summed E-state index contributed by atoms with van der Waals surface area (Å²) in [4.78, 5) is 14.7. The van der Waals surface area contributed by atoms with Gasteiger partial charge in [-0.05, 0) is 73.5 Å². The van der Waals surface area contributed by atoms with Gasteiger partial charge in [0.2, 0.25) is 0 Å². The number of β-amino-alcohol motifs (C(OH)–C–C–N with tert-alkyl or cyclic N) is 1. The Balaban J connectivity index is 1.27. The molecule has 6 nitrogen and oxygen atoms in total. The lowest BCUT2D eigenvalue weighted by Gasteiger charge is -2.32. The molecule has 0 saturated carbocycles. The Morgan fingerprint density at radius 2 is 1.80 bits per heavy atom. The van der Waals surface area contributed by atoms with Gasteiger partial charge in [-0.2, -0.15) is 0 Å². The number of aromatic nitrogens is 3. The van der Waals surface area contributed by atoms with Crippen LogP contribution in [0.15, 0.2) is 61.3 Å². The van der Waals surface area contributed by atoms with Gasteiger partial charge >= 0.3 is 0 Å². The van der Waals surface area contributed by atoms with E-state index in [1.165, 1.54) is 0 Å². The lowest BCUT2D eigenvalue weighted by molar-refractivity contribution is 0.0593. The van der Waals surface area contributed by atoms with Gasteiger partial charge < -0.3 is 14.7 Å². The first-order valence-corrected chi connectivity index (χ1v) is 10.6. The highest BCUT2D eigenvalue weighted by Gasteiger charge is 2.23. The van der Waals surface area contributed by atoms with Crippen LogP contribution < -0.4 is 4.74 Å². The predicted molar refractivity (Wildman–Crippen MR) is 117 cm³/mol. The number of nitrogens with zero attached hydrogens (tertiary/aromatic N) is 4. The Morgan fingerprint density at radius 3 is 2.53 bits per heavy atom. The smallest absolute Gasteiger partial charge is 0.121 e. The molecule has 1 saturated heterocycles. The van der Waals surface area contributed by atoms with Crippen molar-refractivity contribution >= 4 is 11.6 Å². The summed E-state index contributed by atoms with van der Waals surface area (Å²) in [7, 11) is 0. The van der Waals surface area contributed by atoms with Crippen LogP contribution in [0, 0.1) is 0 Å². The average molecular weight is 425 g/mol. The van der Waals surface area contributed by atoms with Crippen molar-refractivity contribution < 1.29 is 9.84 Å². The Bertz CT molecular complexity index is 934. The fourth-order valence-corrected chi connectivity index (χ4v) is 4.08. The SMILES string of the molecule is OC(COc1cc(Cl)cc(-c2ccncc2)c1)CN1CCC(c2ccncn2)CC1. The lowest BCUT2D eigenvalue weighted by Crippen LogP contribution is -2.40. The molecule has 1 fully saturated rings. The molecule has 2 aromatic heterocycles. The van der Waals surface area contributed by atoms with E-state index in [9.17, 15) is 5.11 Å². The van der Waals surface area contributed by atoms with Gasteiger partial charge in [0, 0.05) is 41.8 Å². The number of halogens is 1. The van der Waals surface area contributed by atoms with Crippen molar-refractivity contribution in [1.29, 1.82) is 0 Å². The van der Waals surface area contributed by atoms with Gasteiger partial charge in [0.05, 0.1) is 0 Å². The van der Waals surface area contributed by atoms with Crippen molar-refractivity contribution in [3.8, 4) is 16.9 Å². The summed E-state index contributed by atoms with van der Waals surface area (Å²) in [6.45, 7) is 2.69. The molecule has 0 spiro atoms. The van der Waals surface area contributed by atoms with Crippen LogP contribution in [0.2, 0.25) is 5.02 Å². The topological polar surface area (TPSA) is 71.4 Å². The number of rotatable bonds is 7. The maximum absolute atomic E-state index is 10.5. The Morgan fingerprint density at radius 1 is 1.03 bits per heavy atom. The first-order chi connectivity index (χ1) is 14.7. The van der Waals surface area contributed by atoms with Crippen LogP contribution in [0.1, 0.15) is 24.5 Å². The Kier molecular flexibility index (Phi) is 6.89. The molecule has 1 aliphatic rings. The second-order valence-electron chi connectivity index (χ2n) is 7.59. The lowest BCUT2D eigenvalue weighted by atomic mass is 9.93. The van der Waals surface area contributed by atoms with E-state index in [1.807, 2.05) is 30.3 Å². The summed E-state index contributed by atoms with van der Waals surface area (Å²) in [5.41, 5.74) is 3.09. The Hall–Kier alpha value is -2.54. The molecule has 0 radical (unpaired) electrons. The monoisotopic (exact) mass is 424 g/mol. The van der Waals surface area contributed by atoms with E-state index in [-0.39, 0.29) is 6.61 Å². The van der Waals surface area contributed by atoms with E-state index in [1.54, 1.807) is 31.0 Å². The van der Waals surface area contributed by atoms with E-state index in [0.717, 1.165) is 42.8 Å². The zero-order valence-electron chi connectivity index (χ0n) is 16.7. The summed E-state index contributed by atoms with van der Waals surface area (Å²) in [6.07, 6.45) is 8.40. The number of aliphatic hydroxyl groups is 1. The quantitative estimate of drug-likeness (QED) is 0.621. The minimum Gasteiger partial charge on any atom is -0.491 e. The van der Waals surface area contributed by atoms with E-state index in [2.05, 4.69) is 19.9 Å². The van der Waals surface area contributed by atoms with Gasteiger partial charge in [-0.15, -0.1) is 0 Å². The molecule has 7 heteroatoms. The maximum atomic E-state index is 10.5. The Labute approximate surface area is 181 Å². The van der Waals surface area contributed by atoms with Crippen molar-refractivity contribution in [2.45, 2.75) is 24.9 Å². The van der Waals surface area contributed by atoms with E-state index >= 15 is 0 Å². The van der Waals surface area contributed by atoms with Crippen LogP contribution in [0.5, 0.6) is 5.75 Å². The number of hydrogen-bond acceptors (Lipinski definition) is 6. The molecule has 156 valence electrons. The van der Waals surface area contributed by atoms with E-state index in [0.29, 0.717) is 23.2 Å². The number of ether oxygens (including phenoxy) is 1. The van der Waals surface area contributed by atoms with Gasteiger partial charge in [0.25, 0.3) is 0 Å². The third-order valence-corrected chi connectivity index (χ3v) is 5.63. The molecule has 1 aliphatic heterocycles. The molecule has 30 heavy (non-hydrogen) atoms. The van der Waals surface area contributed by atoms with E-state index in [4.69, 9.17) is 16.3 Å². The van der Waals surface area contributed by atoms with Crippen molar-refractivity contribution in [2.24, 2.45) is 0 Å². The van der Waals surface area contributed by atoms with Gasteiger partial charge in [-0.25, -0.2) is 9.97 Å². The van der Waals surface area contributed by atoms with Crippen LogP contribution in [0.25, 0.3) is 11.1 Å². The maximum Gasteiger partial charge on any atom is 0.121 e. The minimum absolute atomic E-state index is 0.224. The summed E-state index contributed by atoms with van der Waals surface area (Å²) in [5, 5.41) is 11.1. The van der Waals surface area contributed by atoms with Crippen molar-refractivity contribution in [1.82, 2.24) is 19.9 Å². The average Bonchev–Trinajstić information content (AvgIpc) is 2.79. The first kappa shape index (κ1) is 20.7. The largest absolute Gasteiger partial charge is 0.491 e. The molecule has 1 unspecified atom stereocenters. The molecule has 0 amide bonds. The van der Waals surface area contributed by atoms with Crippen LogP contribution >= 0.6 is 11.6 Å². The number of hydrogen-bond donors (Lipinski definition) is 1. The van der Waals surface area contributed by atoms with Crippen LogP contribution in [0.4, 0.5) is 0 Å². The van der Waals surface area contributed by atoms with Crippen molar-refractivity contribution in [3.05, 3.63) is 72.0 Å². The van der Waals surface area contributed by atoms with Gasteiger partial charge in [-0.1, -0.05) is 11.6 Å². The van der Waals surface area contributed by atoms with Gasteiger partial charge in [0.1, 0.15) is 24.8 Å². The highest BCUT2D eigenvalue weighted by atomic mass is 35.5. The third-order valence-electron chi connectivity index (χ3n) is 5.41. The number of pyridine rings is 1. The zero-order valence-corrected chi connectivity index (χ0v) is 17.4. The van der Waals surface area contributed by atoms with Crippen LogP contribution in [-0.4, -0.2) is 57.3 Å². The minimum atomic E-state index is -0.566. The number of piperidine rings is 1. The zero-order chi connectivity index (χ0) is 20.8. The van der Waals surface area contributed by atoms with Gasteiger partial charge in [-0.3, -0.25) is 4.98 Å². The number of aliphatic hydroxyl groups excluding tert-OH is 1. The molecule has 4 rings (SSSR count). The van der Waals surface area contributed by atoms with Crippen LogP contribution in [-0.2, 0) is 0 Å². The molecule has 1 atom stereocenters. The van der Waals surface area contributed by atoms with Crippen LogP contribution in [0.3, 0.4) is 0 Å². The summed E-state index contributed by atoms with van der Waals surface area (Å²) >= 11 is 6.26. The molecular weight excluding hydrogens is 400 g/mol. The summed E-state index contributed by atoms with van der Waals surface area (Å²) < 4.78 is 5.85. The second-order valence-corrected chi connectivity index (χ2v) is 8.02. The number of likely N-dealkylation sites (tertiary alicyclic amines) is 1. The fourth-order valence-electron chi connectivity index (χ4n) is 3.85. The summed E-state index contributed by atoms with van der Waals surface area (Å²) in [6, 6.07) is 11.4. The highest BCUT2D eigenvalue weighted by molar-refractivity contribution is 6.31. The van der Waals surface area contributed by atoms with E-state index < -0.39 is 6.10 Å². The van der Waals surface area contributed by atoms with Crippen molar-refractivity contribution in [2.75, 3.05) is 26.2 Å². The highest BCUT2D eigenvalue weighted by Crippen LogP contribution is 2.29. The molecule has 0 aliphatic carbocycles. The predicted octanol–water partition coefficient (Wildman–Crippen LogP) is 3.81. The first-order valence-electron chi connectivity index (χ1n) is 10.2. The van der Waals surface area contributed by atoms with Gasteiger partial charge in [0.15, 0.2) is 0 Å². The molecule has 1 N–H and O–H groups in total. The molecule has 3 aromatic rings. The molecule has 3 heterocycles.